The average Bonchev–Trinajstić information content (AvgIpc) is 3.56. The fraction of sp³-hybridized carbons (Fsp3) is 0.333. The molecule has 0 saturated carbocycles. The Labute approximate surface area is 296 Å². The van der Waals surface area contributed by atoms with Gasteiger partial charge >= 0.3 is 13.8 Å². The van der Waals surface area contributed by atoms with Gasteiger partial charge in [0, 0.05) is 35.7 Å². The standard InChI is InChI=1S/C33H37N4O14P/c34-26(33(41)42)9-12-30(39)36-16-13-25-28(11-10-27(31(25)36)37(43)44)50-17-14-29(38)35-15-18-48-23-5-1-21(2-6-23)32(40)22-3-7-24(8-4-22)49-19-20-51-52(45,46)47/h1-8,10-11,26H,9,12-20,34H2,(H,35,38)(H,41,42)(H2,45,46,47)/t26-/m0/s1. The second-order valence-electron chi connectivity index (χ2n) is 11.3. The van der Waals surface area contributed by atoms with E-state index in [1.54, 1.807) is 48.5 Å². The van der Waals surface area contributed by atoms with Crippen LogP contribution in [0.5, 0.6) is 17.2 Å². The summed E-state index contributed by atoms with van der Waals surface area (Å²) in [5, 5.41) is 23.4. The van der Waals surface area contributed by atoms with Gasteiger partial charge in [-0.05, 0) is 67.4 Å². The minimum absolute atomic E-state index is 0.0313. The third-order valence-electron chi connectivity index (χ3n) is 7.68. The van der Waals surface area contributed by atoms with E-state index in [1.165, 1.54) is 17.0 Å². The van der Waals surface area contributed by atoms with Crippen molar-refractivity contribution in [3.8, 4) is 17.2 Å². The van der Waals surface area contributed by atoms with Gasteiger partial charge in [-0.3, -0.25) is 33.8 Å². The fourth-order valence-electron chi connectivity index (χ4n) is 5.14. The lowest BCUT2D eigenvalue weighted by atomic mass is 10.0. The summed E-state index contributed by atoms with van der Waals surface area (Å²) in [5.74, 6) is -1.17. The van der Waals surface area contributed by atoms with E-state index in [2.05, 4.69) is 9.84 Å². The zero-order valence-corrected chi connectivity index (χ0v) is 28.6. The lowest BCUT2D eigenvalue weighted by Gasteiger charge is -2.18. The number of nitro benzene ring substituents is 1. The predicted octanol–water partition coefficient (Wildman–Crippen LogP) is 2.36. The summed E-state index contributed by atoms with van der Waals surface area (Å²) < 4.78 is 31.8. The monoisotopic (exact) mass is 744 g/mol. The van der Waals surface area contributed by atoms with Crippen molar-refractivity contribution >= 4 is 42.8 Å². The Morgan fingerprint density at radius 3 is 2.08 bits per heavy atom. The van der Waals surface area contributed by atoms with E-state index < -0.39 is 30.7 Å². The van der Waals surface area contributed by atoms with E-state index in [-0.39, 0.29) is 88.3 Å². The fourth-order valence-corrected chi connectivity index (χ4v) is 5.45. The molecule has 1 atom stereocenters. The highest BCUT2D eigenvalue weighted by Gasteiger charge is 2.35. The number of fused-ring (bicyclic) bond motifs is 1. The van der Waals surface area contributed by atoms with Crippen molar-refractivity contribution in [1.82, 2.24) is 5.32 Å². The number of carbonyl (C=O) groups excluding carboxylic acids is 3. The third-order valence-corrected chi connectivity index (χ3v) is 8.20. The summed E-state index contributed by atoms with van der Waals surface area (Å²) in [4.78, 5) is 78.8. The van der Waals surface area contributed by atoms with E-state index in [0.29, 0.717) is 33.9 Å². The number of carboxylic acid groups (broad SMARTS) is 1. The van der Waals surface area contributed by atoms with Crippen LogP contribution in [0, 0.1) is 10.1 Å². The highest BCUT2D eigenvalue weighted by molar-refractivity contribution is 7.46. The van der Waals surface area contributed by atoms with Crippen LogP contribution in [0.15, 0.2) is 60.7 Å². The third kappa shape index (κ3) is 11.3. The van der Waals surface area contributed by atoms with Crippen LogP contribution in [0.1, 0.15) is 40.7 Å². The van der Waals surface area contributed by atoms with Gasteiger partial charge in [0.2, 0.25) is 11.8 Å². The lowest BCUT2D eigenvalue weighted by Crippen LogP contribution is -2.34. The molecule has 0 fully saturated rings. The first-order chi connectivity index (χ1) is 24.7. The number of hydrogen-bond donors (Lipinski definition) is 5. The van der Waals surface area contributed by atoms with Gasteiger partial charge < -0.3 is 45.1 Å². The number of anilines is 1. The van der Waals surface area contributed by atoms with Crippen molar-refractivity contribution < 1.29 is 62.3 Å². The quantitative estimate of drug-likeness (QED) is 0.0365. The summed E-state index contributed by atoms with van der Waals surface area (Å²) in [6.45, 7) is 0.0160. The molecule has 1 aliphatic rings. The number of ketones is 1. The van der Waals surface area contributed by atoms with Gasteiger partial charge in [0.1, 0.15) is 42.2 Å². The molecule has 6 N–H and O–H groups in total. The highest BCUT2D eigenvalue weighted by atomic mass is 31.2. The Morgan fingerprint density at radius 2 is 1.50 bits per heavy atom. The first kappa shape index (κ1) is 39.4. The topological polar surface area (TPSA) is 267 Å². The van der Waals surface area contributed by atoms with Crippen LogP contribution in [0.2, 0.25) is 0 Å². The summed E-state index contributed by atoms with van der Waals surface area (Å²) in [7, 11) is -4.57. The number of nitrogens with one attached hydrogen (secondary N) is 1. The maximum atomic E-state index is 12.8. The number of carbonyl (C=O) groups is 4. The Morgan fingerprint density at radius 1 is 0.885 bits per heavy atom. The molecule has 19 heteroatoms. The number of benzene rings is 3. The van der Waals surface area contributed by atoms with E-state index in [4.69, 9.17) is 34.8 Å². The number of phosphoric ester groups is 1. The van der Waals surface area contributed by atoms with E-state index in [1.807, 2.05) is 0 Å². The molecular weight excluding hydrogens is 707 g/mol. The molecule has 278 valence electrons. The number of carboxylic acids is 1. The van der Waals surface area contributed by atoms with Crippen LogP contribution in [0.3, 0.4) is 0 Å². The van der Waals surface area contributed by atoms with Gasteiger partial charge in [0.15, 0.2) is 5.78 Å². The molecule has 0 unspecified atom stereocenters. The first-order valence-corrected chi connectivity index (χ1v) is 17.5. The van der Waals surface area contributed by atoms with Gasteiger partial charge in [-0.1, -0.05) is 0 Å². The van der Waals surface area contributed by atoms with E-state index in [0.717, 1.165) is 0 Å². The van der Waals surface area contributed by atoms with Crippen LogP contribution < -0.4 is 30.2 Å². The number of amides is 2. The molecule has 4 rings (SSSR count). The molecule has 18 nitrogen and oxygen atoms in total. The SMILES string of the molecule is N[C@@H](CCC(=O)N1CCc2c(OCCC(=O)NCCOc3ccc(C(=O)c4ccc(OCCOP(=O)(O)O)cc4)cc3)ccc([N+](=O)[O-])c21)C(=O)O. The molecule has 3 aromatic carbocycles. The summed E-state index contributed by atoms with van der Waals surface area (Å²) >= 11 is 0. The van der Waals surface area contributed by atoms with Crippen molar-refractivity contribution in [1.29, 1.82) is 0 Å². The second-order valence-corrected chi connectivity index (χ2v) is 12.5. The average molecular weight is 745 g/mol. The molecule has 2 amide bonds. The summed E-state index contributed by atoms with van der Waals surface area (Å²) in [6, 6.07) is 14.0. The number of nitro groups is 1. The molecule has 0 saturated heterocycles. The Hall–Kier alpha value is -5.39. The molecule has 0 spiro atoms. The maximum absolute atomic E-state index is 12.8. The smallest absolute Gasteiger partial charge is 0.469 e. The maximum Gasteiger partial charge on any atom is 0.469 e. The number of aliphatic carboxylic acids is 1. The zero-order chi connectivity index (χ0) is 37.8. The van der Waals surface area contributed by atoms with E-state index >= 15 is 0 Å². The number of nitrogens with two attached hydrogens (primary N) is 1. The van der Waals surface area contributed by atoms with Crippen molar-refractivity contribution in [2.45, 2.75) is 31.7 Å². The van der Waals surface area contributed by atoms with Gasteiger partial charge in [0.05, 0.1) is 31.1 Å². The van der Waals surface area contributed by atoms with E-state index in [9.17, 15) is 33.9 Å². The Kier molecular flexibility index (Phi) is 13.8. The van der Waals surface area contributed by atoms with Crippen LogP contribution >= 0.6 is 7.82 Å². The summed E-state index contributed by atoms with van der Waals surface area (Å²) in [6.07, 6.45) is -0.0889. The number of hydrogen-bond acceptors (Lipinski definition) is 12. The summed E-state index contributed by atoms with van der Waals surface area (Å²) in [5.41, 5.74) is 6.53. The highest BCUT2D eigenvalue weighted by Crippen LogP contribution is 2.42. The van der Waals surface area contributed by atoms with Crippen molar-refractivity contribution in [3.05, 3.63) is 87.5 Å². The largest absolute Gasteiger partial charge is 0.493 e. The van der Waals surface area contributed by atoms with Crippen LogP contribution in [-0.4, -0.2) is 88.9 Å². The molecule has 52 heavy (non-hydrogen) atoms. The van der Waals surface area contributed by atoms with Gasteiger partial charge in [-0.15, -0.1) is 0 Å². The van der Waals surface area contributed by atoms with Crippen LogP contribution in [-0.2, 0) is 29.9 Å². The van der Waals surface area contributed by atoms with Crippen molar-refractivity contribution in [2.24, 2.45) is 5.73 Å². The molecule has 0 radical (unpaired) electrons. The lowest BCUT2D eigenvalue weighted by molar-refractivity contribution is -0.384. The second kappa shape index (κ2) is 18.2. The predicted molar refractivity (Wildman–Crippen MR) is 182 cm³/mol. The first-order valence-electron chi connectivity index (χ1n) is 15.9. The molecular formula is C33H37N4O14P. The Balaban J connectivity index is 1.19. The molecule has 0 aliphatic carbocycles. The minimum atomic E-state index is -4.57. The molecule has 0 bridgehead atoms. The molecule has 3 aromatic rings. The normalized spacial score (nSPS) is 12.8. The Bertz CT molecular complexity index is 1810. The zero-order valence-electron chi connectivity index (χ0n) is 27.7. The molecule has 1 aliphatic heterocycles. The van der Waals surface area contributed by atoms with Crippen molar-refractivity contribution in [3.63, 3.8) is 0 Å². The van der Waals surface area contributed by atoms with Crippen molar-refractivity contribution in [2.75, 3.05) is 44.4 Å². The van der Waals surface area contributed by atoms with Gasteiger partial charge in [-0.25, -0.2) is 4.57 Å². The number of nitrogens with zero attached hydrogens (tertiary/aromatic N) is 2. The molecule has 0 aromatic heterocycles. The number of phosphoric acid groups is 1. The number of rotatable bonds is 20. The van der Waals surface area contributed by atoms with Gasteiger partial charge in [-0.2, -0.15) is 0 Å². The van der Waals surface area contributed by atoms with Crippen LogP contribution in [0.25, 0.3) is 0 Å². The van der Waals surface area contributed by atoms with Gasteiger partial charge in [0.25, 0.3) is 5.69 Å². The molecule has 1 heterocycles. The minimum Gasteiger partial charge on any atom is -0.493 e. The van der Waals surface area contributed by atoms with Crippen LogP contribution in [0.4, 0.5) is 11.4 Å². The number of ether oxygens (including phenoxy) is 3.